The number of carbonyl (C=O) groups is 1. The summed E-state index contributed by atoms with van der Waals surface area (Å²) in [5.74, 6) is -4.20. The first-order valence-corrected chi connectivity index (χ1v) is 6.16. The molecular formula is C12H15F2N3O2. The first-order chi connectivity index (χ1) is 8.99. The van der Waals surface area contributed by atoms with E-state index in [0.29, 0.717) is 18.7 Å². The van der Waals surface area contributed by atoms with Gasteiger partial charge >= 0.3 is 5.97 Å². The molecule has 1 aromatic heterocycles. The molecule has 1 aromatic rings. The zero-order valence-corrected chi connectivity index (χ0v) is 10.3. The lowest BCUT2D eigenvalue weighted by Gasteiger charge is -2.31. The normalized spacial score (nSPS) is 21.9. The van der Waals surface area contributed by atoms with E-state index in [-0.39, 0.29) is 18.7 Å². The van der Waals surface area contributed by atoms with E-state index in [2.05, 4.69) is 15.3 Å². The van der Waals surface area contributed by atoms with Crippen LogP contribution in [0, 0.1) is 5.92 Å². The van der Waals surface area contributed by atoms with Crippen LogP contribution in [0.25, 0.3) is 0 Å². The average Bonchev–Trinajstić information content (AvgIpc) is 2.37. The molecule has 5 nitrogen and oxygen atoms in total. The molecule has 1 saturated carbocycles. The van der Waals surface area contributed by atoms with Crippen LogP contribution < -0.4 is 5.32 Å². The highest BCUT2D eigenvalue weighted by Crippen LogP contribution is 2.38. The van der Waals surface area contributed by atoms with Crippen molar-refractivity contribution in [3.05, 3.63) is 18.1 Å². The summed E-state index contributed by atoms with van der Waals surface area (Å²) < 4.78 is 27.2. The SMILES string of the molecule is O=C(O)c1cnc(NCC2CCCCC2(F)F)cn1. The van der Waals surface area contributed by atoms with E-state index in [4.69, 9.17) is 5.11 Å². The van der Waals surface area contributed by atoms with Crippen molar-refractivity contribution >= 4 is 11.8 Å². The first kappa shape index (κ1) is 13.6. The third-order valence-corrected chi connectivity index (χ3v) is 3.31. The molecule has 0 amide bonds. The second kappa shape index (κ2) is 5.46. The monoisotopic (exact) mass is 271 g/mol. The van der Waals surface area contributed by atoms with Crippen LogP contribution >= 0.6 is 0 Å². The van der Waals surface area contributed by atoms with Gasteiger partial charge in [0.15, 0.2) is 5.69 Å². The maximum Gasteiger partial charge on any atom is 0.356 e. The van der Waals surface area contributed by atoms with Gasteiger partial charge in [0.25, 0.3) is 5.92 Å². The smallest absolute Gasteiger partial charge is 0.356 e. The second-order valence-electron chi connectivity index (χ2n) is 4.68. The van der Waals surface area contributed by atoms with Gasteiger partial charge in [0.05, 0.1) is 12.4 Å². The van der Waals surface area contributed by atoms with E-state index in [0.717, 1.165) is 12.6 Å². The molecule has 1 unspecified atom stereocenters. The van der Waals surface area contributed by atoms with Crippen molar-refractivity contribution in [2.45, 2.75) is 31.6 Å². The number of alkyl halides is 2. The van der Waals surface area contributed by atoms with Crippen LogP contribution in [0.4, 0.5) is 14.6 Å². The molecule has 1 atom stereocenters. The van der Waals surface area contributed by atoms with E-state index >= 15 is 0 Å². The van der Waals surface area contributed by atoms with Crippen LogP contribution in [-0.2, 0) is 0 Å². The summed E-state index contributed by atoms with van der Waals surface area (Å²) >= 11 is 0. The van der Waals surface area contributed by atoms with Crippen LogP contribution in [0.15, 0.2) is 12.4 Å². The van der Waals surface area contributed by atoms with Gasteiger partial charge in [-0.15, -0.1) is 0 Å². The van der Waals surface area contributed by atoms with E-state index < -0.39 is 17.8 Å². The first-order valence-electron chi connectivity index (χ1n) is 6.16. The number of hydrogen-bond acceptors (Lipinski definition) is 4. The van der Waals surface area contributed by atoms with Gasteiger partial charge in [0, 0.05) is 18.9 Å². The molecule has 0 spiro atoms. The highest BCUT2D eigenvalue weighted by molar-refractivity contribution is 5.84. The van der Waals surface area contributed by atoms with Gasteiger partial charge in [-0.3, -0.25) is 0 Å². The topological polar surface area (TPSA) is 75.1 Å². The molecular weight excluding hydrogens is 256 g/mol. The van der Waals surface area contributed by atoms with Crippen LogP contribution in [0.5, 0.6) is 0 Å². The van der Waals surface area contributed by atoms with Gasteiger partial charge in [-0.05, 0) is 12.8 Å². The van der Waals surface area contributed by atoms with Gasteiger partial charge < -0.3 is 10.4 Å². The van der Waals surface area contributed by atoms with E-state index in [9.17, 15) is 13.6 Å². The largest absolute Gasteiger partial charge is 0.476 e. The number of nitrogens with one attached hydrogen (secondary N) is 1. The highest BCUT2D eigenvalue weighted by Gasteiger charge is 2.40. The molecule has 0 aromatic carbocycles. The standard InChI is InChI=1S/C12H15F2N3O2/c13-12(14)4-2-1-3-8(12)5-16-10-7-15-9(6-17-10)11(18)19/h6-8H,1-5H2,(H,16,17)(H,18,19). The minimum Gasteiger partial charge on any atom is -0.476 e. The number of anilines is 1. The minimum atomic E-state index is -2.64. The molecule has 0 bridgehead atoms. The number of aromatic carboxylic acids is 1. The summed E-state index contributed by atoms with van der Waals surface area (Å²) in [6.07, 6.45) is 4.14. The zero-order valence-electron chi connectivity index (χ0n) is 10.3. The van der Waals surface area contributed by atoms with E-state index in [1.54, 1.807) is 0 Å². The Morgan fingerprint density at radius 1 is 1.42 bits per heavy atom. The summed E-state index contributed by atoms with van der Waals surface area (Å²) in [5, 5.41) is 11.4. The molecule has 1 aliphatic rings. The second-order valence-corrected chi connectivity index (χ2v) is 4.68. The van der Waals surface area contributed by atoms with Crippen molar-refractivity contribution in [2.75, 3.05) is 11.9 Å². The van der Waals surface area contributed by atoms with Crippen LogP contribution in [0.1, 0.15) is 36.2 Å². The quantitative estimate of drug-likeness (QED) is 0.879. The van der Waals surface area contributed by atoms with Gasteiger partial charge in [-0.2, -0.15) is 0 Å². The fourth-order valence-electron chi connectivity index (χ4n) is 2.18. The lowest BCUT2D eigenvalue weighted by atomic mass is 9.85. The van der Waals surface area contributed by atoms with Crippen molar-refractivity contribution in [1.82, 2.24) is 9.97 Å². The zero-order chi connectivity index (χ0) is 13.9. The van der Waals surface area contributed by atoms with Crippen LogP contribution in [0.2, 0.25) is 0 Å². The van der Waals surface area contributed by atoms with E-state index in [1.807, 2.05) is 0 Å². The molecule has 104 valence electrons. The third-order valence-electron chi connectivity index (χ3n) is 3.31. The average molecular weight is 271 g/mol. The lowest BCUT2D eigenvalue weighted by Crippen LogP contribution is -2.36. The van der Waals surface area contributed by atoms with Crippen molar-refractivity contribution in [1.29, 1.82) is 0 Å². The summed E-state index contributed by atoms with van der Waals surface area (Å²) in [6, 6.07) is 0. The molecule has 2 N–H and O–H groups in total. The highest BCUT2D eigenvalue weighted by atomic mass is 19.3. The molecule has 0 aliphatic heterocycles. The molecule has 0 saturated heterocycles. The Kier molecular flexibility index (Phi) is 3.92. The molecule has 0 radical (unpaired) electrons. The minimum absolute atomic E-state index is 0.0665. The van der Waals surface area contributed by atoms with Crippen LogP contribution in [-0.4, -0.2) is 33.5 Å². The Bertz CT molecular complexity index is 451. The molecule has 7 heteroatoms. The van der Waals surface area contributed by atoms with Gasteiger partial charge in [-0.25, -0.2) is 23.5 Å². The Labute approximate surface area is 109 Å². The summed E-state index contributed by atoms with van der Waals surface area (Å²) in [4.78, 5) is 18.1. The number of rotatable bonds is 4. The molecule has 1 aliphatic carbocycles. The van der Waals surface area contributed by atoms with Crippen molar-refractivity contribution in [3.8, 4) is 0 Å². The Morgan fingerprint density at radius 3 is 2.79 bits per heavy atom. The number of halogens is 2. The number of nitrogens with zero attached hydrogens (tertiary/aromatic N) is 2. The van der Waals surface area contributed by atoms with E-state index in [1.165, 1.54) is 6.20 Å². The molecule has 19 heavy (non-hydrogen) atoms. The summed E-state index contributed by atoms with van der Waals surface area (Å²) in [5.41, 5.74) is -0.173. The number of carboxylic acid groups (broad SMARTS) is 1. The maximum absolute atomic E-state index is 13.6. The maximum atomic E-state index is 13.6. The van der Waals surface area contributed by atoms with Crippen molar-refractivity contribution < 1.29 is 18.7 Å². The van der Waals surface area contributed by atoms with Crippen LogP contribution in [0.3, 0.4) is 0 Å². The molecule has 1 fully saturated rings. The van der Waals surface area contributed by atoms with Gasteiger partial charge in [0.2, 0.25) is 0 Å². The fourth-order valence-corrected chi connectivity index (χ4v) is 2.18. The Morgan fingerprint density at radius 2 is 2.21 bits per heavy atom. The lowest BCUT2D eigenvalue weighted by molar-refractivity contribution is -0.0802. The number of hydrogen-bond donors (Lipinski definition) is 2. The Balaban J connectivity index is 1.93. The fraction of sp³-hybridized carbons (Fsp3) is 0.583. The summed E-state index contributed by atoms with van der Waals surface area (Å²) in [7, 11) is 0. The molecule has 2 rings (SSSR count). The van der Waals surface area contributed by atoms with Gasteiger partial charge in [-0.1, -0.05) is 6.42 Å². The number of carboxylic acids is 1. The van der Waals surface area contributed by atoms with Crippen molar-refractivity contribution in [2.24, 2.45) is 5.92 Å². The van der Waals surface area contributed by atoms with Crippen molar-refractivity contribution in [3.63, 3.8) is 0 Å². The van der Waals surface area contributed by atoms with Gasteiger partial charge in [0.1, 0.15) is 5.82 Å². The predicted octanol–water partition coefficient (Wildman–Crippen LogP) is 2.41. The number of aromatic nitrogens is 2. The summed E-state index contributed by atoms with van der Waals surface area (Å²) in [6.45, 7) is 0.119. The third kappa shape index (κ3) is 3.36. The molecule has 1 heterocycles. The Hall–Kier alpha value is -1.79. The predicted molar refractivity (Wildman–Crippen MR) is 64.4 cm³/mol.